The van der Waals surface area contributed by atoms with E-state index in [1.165, 1.54) is 9.26 Å². The number of amides is 1. The smallest absolute Gasteiger partial charge is 0.217 e. The van der Waals surface area contributed by atoms with Crippen molar-refractivity contribution in [2.24, 2.45) is 0 Å². The number of halogens is 1. The van der Waals surface area contributed by atoms with E-state index in [2.05, 4.69) is 57.1 Å². The molecule has 1 atom stereocenters. The Hall–Kier alpha value is -0.780. The molecule has 92 valence electrons. The average molecular weight is 344 g/mol. The van der Waals surface area contributed by atoms with E-state index < -0.39 is 0 Å². The summed E-state index contributed by atoms with van der Waals surface area (Å²) < 4.78 is 1.25. The number of rotatable bonds is 2. The summed E-state index contributed by atoms with van der Waals surface area (Å²) >= 11 is 2.33. The van der Waals surface area contributed by atoms with Crippen molar-refractivity contribution >= 4 is 34.2 Å². The highest BCUT2D eigenvalue weighted by atomic mass is 127. The molecular weight excluding hydrogens is 327 g/mol. The van der Waals surface area contributed by atoms with E-state index >= 15 is 0 Å². The van der Waals surface area contributed by atoms with Crippen molar-refractivity contribution in [1.82, 2.24) is 5.32 Å². The lowest BCUT2D eigenvalue weighted by Crippen LogP contribution is -2.47. The molecule has 1 saturated heterocycles. The molecule has 0 bridgehead atoms. The molecule has 1 fully saturated rings. The van der Waals surface area contributed by atoms with Crippen LogP contribution in [0.15, 0.2) is 24.3 Å². The molecule has 17 heavy (non-hydrogen) atoms. The van der Waals surface area contributed by atoms with Gasteiger partial charge in [-0.15, -0.1) is 0 Å². The van der Waals surface area contributed by atoms with Gasteiger partial charge in [0.15, 0.2) is 0 Å². The SMILES string of the molecule is CC(=O)NC1CCCN(c2cccc(I)c2)C1. The molecule has 3 nitrogen and oxygen atoms in total. The Morgan fingerprint density at radius 1 is 1.53 bits per heavy atom. The fraction of sp³-hybridized carbons (Fsp3) is 0.462. The summed E-state index contributed by atoms with van der Waals surface area (Å²) in [5, 5.41) is 3.01. The number of benzene rings is 1. The lowest BCUT2D eigenvalue weighted by atomic mass is 10.0. The van der Waals surface area contributed by atoms with Crippen molar-refractivity contribution in [3.8, 4) is 0 Å². The van der Waals surface area contributed by atoms with Gasteiger partial charge in [0.05, 0.1) is 0 Å². The highest BCUT2D eigenvalue weighted by Gasteiger charge is 2.20. The van der Waals surface area contributed by atoms with Crippen LogP contribution in [-0.4, -0.2) is 25.0 Å². The van der Waals surface area contributed by atoms with Crippen molar-refractivity contribution in [2.45, 2.75) is 25.8 Å². The third-order valence-corrected chi connectivity index (χ3v) is 3.67. The third kappa shape index (κ3) is 3.59. The van der Waals surface area contributed by atoms with Gasteiger partial charge >= 0.3 is 0 Å². The van der Waals surface area contributed by atoms with Crippen molar-refractivity contribution in [2.75, 3.05) is 18.0 Å². The first-order valence-electron chi connectivity index (χ1n) is 5.93. The molecule has 4 heteroatoms. The van der Waals surface area contributed by atoms with E-state index in [4.69, 9.17) is 0 Å². The predicted octanol–water partition coefficient (Wildman–Crippen LogP) is 2.40. The number of nitrogens with zero attached hydrogens (tertiary/aromatic N) is 1. The molecule has 1 heterocycles. The Balaban J connectivity index is 2.04. The number of anilines is 1. The first-order valence-corrected chi connectivity index (χ1v) is 7.00. The van der Waals surface area contributed by atoms with E-state index in [9.17, 15) is 4.79 Å². The second-order valence-corrected chi connectivity index (χ2v) is 5.71. The number of carbonyl (C=O) groups is 1. The van der Waals surface area contributed by atoms with Crippen LogP contribution < -0.4 is 10.2 Å². The van der Waals surface area contributed by atoms with Crippen molar-refractivity contribution in [3.63, 3.8) is 0 Å². The molecule has 0 saturated carbocycles. The molecule has 1 unspecified atom stereocenters. The van der Waals surface area contributed by atoms with Crippen molar-refractivity contribution in [3.05, 3.63) is 27.8 Å². The van der Waals surface area contributed by atoms with Crippen LogP contribution in [0.3, 0.4) is 0 Å². The zero-order valence-electron chi connectivity index (χ0n) is 9.95. The summed E-state index contributed by atoms with van der Waals surface area (Å²) in [5.41, 5.74) is 1.26. The fourth-order valence-electron chi connectivity index (χ4n) is 2.29. The molecular formula is C13H17IN2O. The van der Waals surface area contributed by atoms with Crippen molar-refractivity contribution in [1.29, 1.82) is 0 Å². The van der Waals surface area contributed by atoms with Crippen LogP contribution in [0.4, 0.5) is 5.69 Å². The van der Waals surface area contributed by atoms with Gasteiger partial charge in [0, 0.05) is 35.3 Å². The molecule has 1 aromatic carbocycles. The van der Waals surface area contributed by atoms with Gasteiger partial charge in [0.2, 0.25) is 5.91 Å². The molecule has 1 aliphatic rings. The standard InChI is InChI=1S/C13H17IN2O/c1-10(17)15-12-5-3-7-16(9-12)13-6-2-4-11(14)8-13/h2,4,6,8,12H,3,5,7,9H2,1H3,(H,15,17). The van der Waals surface area contributed by atoms with Gasteiger partial charge in [0.1, 0.15) is 0 Å². The van der Waals surface area contributed by atoms with Crippen LogP contribution >= 0.6 is 22.6 Å². The highest BCUT2D eigenvalue weighted by Crippen LogP contribution is 2.21. The quantitative estimate of drug-likeness (QED) is 0.836. The lowest BCUT2D eigenvalue weighted by molar-refractivity contribution is -0.119. The Bertz CT molecular complexity index is 408. The lowest BCUT2D eigenvalue weighted by Gasteiger charge is -2.34. The Labute approximate surface area is 116 Å². The maximum atomic E-state index is 11.1. The summed E-state index contributed by atoms with van der Waals surface area (Å²) in [4.78, 5) is 13.4. The number of piperidine rings is 1. The maximum absolute atomic E-state index is 11.1. The van der Waals surface area contributed by atoms with Gasteiger partial charge in [0.25, 0.3) is 0 Å². The maximum Gasteiger partial charge on any atom is 0.217 e. The van der Waals surface area contributed by atoms with E-state index in [-0.39, 0.29) is 5.91 Å². The van der Waals surface area contributed by atoms with E-state index in [0.29, 0.717) is 6.04 Å². The second-order valence-electron chi connectivity index (χ2n) is 4.47. The van der Waals surface area contributed by atoms with Crippen LogP contribution in [0.1, 0.15) is 19.8 Å². The van der Waals surface area contributed by atoms with E-state index in [0.717, 1.165) is 25.9 Å². The molecule has 1 aromatic rings. The Morgan fingerprint density at radius 2 is 2.35 bits per heavy atom. The van der Waals surface area contributed by atoms with Crippen LogP contribution in [0.2, 0.25) is 0 Å². The molecule has 0 aromatic heterocycles. The van der Waals surface area contributed by atoms with Crippen LogP contribution in [0.5, 0.6) is 0 Å². The molecule has 0 radical (unpaired) electrons. The Kier molecular flexibility index (Phi) is 4.25. The summed E-state index contributed by atoms with van der Waals surface area (Å²) in [6.07, 6.45) is 2.22. The normalized spacial score (nSPS) is 20.1. The minimum Gasteiger partial charge on any atom is -0.369 e. The van der Waals surface area contributed by atoms with Gasteiger partial charge in [-0.05, 0) is 53.6 Å². The first kappa shape index (κ1) is 12.7. The highest BCUT2D eigenvalue weighted by molar-refractivity contribution is 14.1. The molecule has 0 spiro atoms. The van der Waals surface area contributed by atoms with Crippen molar-refractivity contribution < 1.29 is 4.79 Å². The minimum absolute atomic E-state index is 0.0690. The monoisotopic (exact) mass is 344 g/mol. The topological polar surface area (TPSA) is 32.3 Å². The zero-order chi connectivity index (χ0) is 12.3. The fourth-order valence-corrected chi connectivity index (χ4v) is 2.82. The minimum atomic E-state index is 0.0690. The van der Waals surface area contributed by atoms with E-state index in [1.54, 1.807) is 6.92 Å². The van der Waals surface area contributed by atoms with Crippen LogP contribution in [0, 0.1) is 3.57 Å². The van der Waals surface area contributed by atoms with Gasteiger partial charge in [-0.2, -0.15) is 0 Å². The number of hydrogen-bond donors (Lipinski definition) is 1. The van der Waals surface area contributed by atoms with Gasteiger partial charge in [-0.3, -0.25) is 4.79 Å². The average Bonchev–Trinajstić information content (AvgIpc) is 2.28. The Morgan fingerprint density at radius 3 is 3.06 bits per heavy atom. The first-order chi connectivity index (χ1) is 8.15. The number of hydrogen-bond acceptors (Lipinski definition) is 2. The second kappa shape index (κ2) is 5.71. The zero-order valence-corrected chi connectivity index (χ0v) is 12.1. The molecule has 0 aliphatic carbocycles. The molecule has 2 rings (SSSR count). The van der Waals surface area contributed by atoms with Gasteiger partial charge in [-0.1, -0.05) is 6.07 Å². The summed E-state index contributed by atoms with van der Waals surface area (Å²) in [6.45, 7) is 3.58. The summed E-state index contributed by atoms with van der Waals surface area (Å²) in [6, 6.07) is 8.80. The predicted molar refractivity (Wildman–Crippen MR) is 78.2 cm³/mol. The third-order valence-electron chi connectivity index (χ3n) is 3.00. The number of carbonyl (C=O) groups excluding carboxylic acids is 1. The van der Waals surface area contributed by atoms with Crippen LogP contribution in [-0.2, 0) is 4.79 Å². The van der Waals surface area contributed by atoms with E-state index in [1.807, 2.05) is 0 Å². The number of nitrogens with one attached hydrogen (secondary N) is 1. The largest absolute Gasteiger partial charge is 0.369 e. The summed E-state index contributed by atoms with van der Waals surface area (Å²) in [5.74, 6) is 0.0690. The molecule has 1 N–H and O–H groups in total. The summed E-state index contributed by atoms with van der Waals surface area (Å²) in [7, 11) is 0. The molecule has 1 aliphatic heterocycles. The van der Waals surface area contributed by atoms with Gasteiger partial charge in [-0.25, -0.2) is 0 Å². The van der Waals surface area contributed by atoms with Crippen LogP contribution in [0.25, 0.3) is 0 Å². The molecule has 1 amide bonds. The van der Waals surface area contributed by atoms with Gasteiger partial charge < -0.3 is 10.2 Å².